The minimum absolute atomic E-state index is 0.0667. The van der Waals surface area contributed by atoms with Gasteiger partial charge in [-0.3, -0.25) is 19.5 Å². The molecule has 2 aliphatic rings. The number of rotatable bonds is 6. The van der Waals surface area contributed by atoms with Crippen LogP contribution in [0.1, 0.15) is 44.3 Å². The summed E-state index contributed by atoms with van der Waals surface area (Å²) < 4.78 is 19.8. The third-order valence-electron chi connectivity index (χ3n) is 6.05. The smallest absolute Gasteiger partial charge is 0.324 e. The van der Waals surface area contributed by atoms with E-state index in [-0.39, 0.29) is 17.5 Å². The number of benzene rings is 1. The Bertz CT molecular complexity index is 1360. The van der Waals surface area contributed by atoms with Crippen LogP contribution in [-0.2, 0) is 19.0 Å². The first-order valence-corrected chi connectivity index (χ1v) is 11.8. The molecule has 3 aromatic rings. The lowest BCUT2D eigenvalue weighted by atomic mass is 10.1. The van der Waals surface area contributed by atoms with E-state index in [0.717, 1.165) is 0 Å². The van der Waals surface area contributed by atoms with Gasteiger partial charge < -0.3 is 24.8 Å². The molecule has 3 N–H and O–H groups in total. The van der Waals surface area contributed by atoms with Crippen LogP contribution in [0.4, 0.5) is 16.3 Å². The standard InChI is InChI=1S/C24H27N7O6/c1-5-25-21(33)17-16-18(37-24(3,4)36-16)22(35-17)31-11-28-15-19(26-10-27-20(15)31)30-23(34)29-14-8-6-13(7-9-14)12(2)32/h6-11,16-18,22H,5H2,1-4H3,(H,25,33)(H2,26,27,29,30,34)/t16-,17+,18-,22-/m1/s1. The number of hydrogen-bond donors (Lipinski definition) is 3. The largest absolute Gasteiger partial charge is 0.354 e. The van der Waals surface area contributed by atoms with Gasteiger partial charge in [-0.2, -0.15) is 0 Å². The Morgan fingerprint density at radius 3 is 2.46 bits per heavy atom. The summed E-state index contributed by atoms with van der Waals surface area (Å²) in [4.78, 5) is 49.6. The molecule has 4 atom stereocenters. The molecule has 2 saturated heterocycles. The Labute approximate surface area is 211 Å². The summed E-state index contributed by atoms with van der Waals surface area (Å²) in [5.41, 5.74) is 1.75. The molecule has 37 heavy (non-hydrogen) atoms. The molecular weight excluding hydrogens is 482 g/mol. The second-order valence-electron chi connectivity index (χ2n) is 9.17. The first-order valence-electron chi connectivity index (χ1n) is 11.8. The highest BCUT2D eigenvalue weighted by Crippen LogP contribution is 2.44. The first-order chi connectivity index (χ1) is 17.7. The van der Waals surface area contributed by atoms with Gasteiger partial charge in [0.1, 0.15) is 18.5 Å². The van der Waals surface area contributed by atoms with E-state index in [1.165, 1.54) is 19.6 Å². The topological polar surface area (TPSA) is 159 Å². The lowest BCUT2D eigenvalue weighted by molar-refractivity contribution is -0.197. The number of Topliss-reactive ketones (excluding diaryl/α,β-unsaturated/α-hetero) is 1. The van der Waals surface area contributed by atoms with Gasteiger partial charge in [0.25, 0.3) is 5.91 Å². The summed E-state index contributed by atoms with van der Waals surface area (Å²) in [5, 5.41) is 8.13. The first kappa shape index (κ1) is 24.7. The quantitative estimate of drug-likeness (QED) is 0.424. The SMILES string of the molecule is CCNC(=O)[C@H]1O[C@@H](n2cnc3c(NC(=O)Nc4ccc(C(C)=O)cc4)ncnc32)[C@@H]2OC(C)(C)O[C@@H]21. The molecule has 0 saturated carbocycles. The third kappa shape index (κ3) is 4.75. The van der Waals surface area contributed by atoms with Gasteiger partial charge in [-0.05, 0) is 52.0 Å². The molecule has 0 spiro atoms. The summed E-state index contributed by atoms with van der Waals surface area (Å²) in [6.45, 7) is 7.30. The number of ether oxygens (including phenoxy) is 3. The van der Waals surface area contributed by atoms with Crippen LogP contribution in [0.5, 0.6) is 0 Å². The van der Waals surface area contributed by atoms with Gasteiger partial charge in [0.05, 0.1) is 6.33 Å². The fourth-order valence-corrected chi connectivity index (χ4v) is 4.47. The number of likely N-dealkylation sites (N-methyl/N-ethyl adjacent to an activating group) is 1. The molecule has 0 radical (unpaired) electrons. The summed E-state index contributed by atoms with van der Waals surface area (Å²) in [6, 6.07) is 5.96. The second kappa shape index (κ2) is 9.50. The van der Waals surface area contributed by atoms with Crippen LogP contribution in [0.25, 0.3) is 11.2 Å². The number of nitrogens with zero attached hydrogens (tertiary/aromatic N) is 4. The number of anilines is 2. The van der Waals surface area contributed by atoms with Gasteiger partial charge in [-0.1, -0.05) is 0 Å². The Balaban J connectivity index is 1.38. The van der Waals surface area contributed by atoms with E-state index >= 15 is 0 Å². The van der Waals surface area contributed by atoms with Gasteiger partial charge >= 0.3 is 6.03 Å². The van der Waals surface area contributed by atoms with E-state index in [4.69, 9.17) is 14.2 Å². The number of nitrogens with one attached hydrogen (secondary N) is 3. The molecule has 1 aromatic carbocycles. The van der Waals surface area contributed by atoms with E-state index in [9.17, 15) is 14.4 Å². The lowest BCUT2D eigenvalue weighted by Crippen LogP contribution is -2.42. The highest BCUT2D eigenvalue weighted by atomic mass is 16.8. The molecule has 4 heterocycles. The van der Waals surface area contributed by atoms with Crippen molar-refractivity contribution in [3.63, 3.8) is 0 Å². The van der Waals surface area contributed by atoms with Crippen LogP contribution < -0.4 is 16.0 Å². The zero-order chi connectivity index (χ0) is 26.3. The predicted octanol–water partition coefficient (Wildman–Crippen LogP) is 2.23. The van der Waals surface area contributed by atoms with Crippen molar-refractivity contribution in [3.8, 4) is 0 Å². The zero-order valence-electron chi connectivity index (χ0n) is 20.7. The molecule has 0 bridgehead atoms. The van der Waals surface area contributed by atoms with Crippen molar-refractivity contribution in [1.29, 1.82) is 0 Å². The summed E-state index contributed by atoms with van der Waals surface area (Å²) in [6.07, 6.45) is -0.0494. The van der Waals surface area contributed by atoms with Gasteiger partial charge in [0.15, 0.2) is 40.9 Å². The van der Waals surface area contributed by atoms with Crippen LogP contribution in [0, 0.1) is 0 Å². The number of carbonyl (C=O) groups excluding carboxylic acids is 3. The molecule has 0 aliphatic carbocycles. The Kier molecular flexibility index (Phi) is 6.35. The summed E-state index contributed by atoms with van der Waals surface area (Å²) in [7, 11) is 0. The molecule has 194 valence electrons. The molecule has 13 heteroatoms. The van der Waals surface area contributed by atoms with Crippen LogP contribution >= 0.6 is 0 Å². The number of amides is 3. The van der Waals surface area contributed by atoms with Gasteiger partial charge in [0, 0.05) is 17.8 Å². The minimum atomic E-state index is -0.902. The van der Waals surface area contributed by atoms with Crippen LogP contribution in [0.3, 0.4) is 0 Å². The predicted molar refractivity (Wildman–Crippen MR) is 131 cm³/mol. The Morgan fingerprint density at radius 2 is 1.76 bits per heavy atom. The van der Waals surface area contributed by atoms with Gasteiger partial charge in [0.2, 0.25) is 0 Å². The highest BCUT2D eigenvalue weighted by molar-refractivity contribution is 6.03. The highest BCUT2D eigenvalue weighted by Gasteiger charge is 2.58. The Hall–Kier alpha value is -3.94. The average Bonchev–Trinajstić information content (AvgIpc) is 3.50. The van der Waals surface area contributed by atoms with Crippen molar-refractivity contribution in [1.82, 2.24) is 24.8 Å². The molecule has 13 nitrogen and oxygen atoms in total. The minimum Gasteiger partial charge on any atom is -0.354 e. The fourth-order valence-electron chi connectivity index (χ4n) is 4.47. The van der Waals surface area contributed by atoms with E-state index in [1.807, 2.05) is 6.92 Å². The van der Waals surface area contributed by atoms with Crippen LogP contribution in [0.15, 0.2) is 36.9 Å². The number of hydrogen-bond acceptors (Lipinski definition) is 9. The number of carbonyl (C=O) groups is 3. The van der Waals surface area contributed by atoms with Crippen LogP contribution in [0.2, 0.25) is 0 Å². The van der Waals surface area contributed by atoms with E-state index in [0.29, 0.717) is 29.0 Å². The van der Waals surface area contributed by atoms with Gasteiger partial charge in [-0.15, -0.1) is 0 Å². The summed E-state index contributed by atoms with van der Waals surface area (Å²) in [5.74, 6) is -1.08. The van der Waals surface area contributed by atoms with E-state index < -0.39 is 36.4 Å². The van der Waals surface area contributed by atoms with E-state index in [2.05, 4.69) is 30.9 Å². The zero-order valence-corrected chi connectivity index (χ0v) is 20.7. The monoisotopic (exact) mass is 509 g/mol. The van der Waals surface area contributed by atoms with Crippen LogP contribution in [-0.4, -0.2) is 67.9 Å². The lowest BCUT2D eigenvalue weighted by Gasteiger charge is -2.24. The second-order valence-corrected chi connectivity index (χ2v) is 9.17. The van der Waals surface area contributed by atoms with E-state index in [1.54, 1.807) is 42.7 Å². The molecule has 0 unspecified atom stereocenters. The maximum Gasteiger partial charge on any atom is 0.324 e. The Morgan fingerprint density at radius 1 is 1.03 bits per heavy atom. The maximum atomic E-state index is 12.7. The fraction of sp³-hybridized carbons (Fsp3) is 0.417. The van der Waals surface area contributed by atoms with Gasteiger partial charge in [-0.25, -0.2) is 19.7 Å². The molecule has 2 aliphatic heterocycles. The number of aromatic nitrogens is 4. The van der Waals surface area contributed by atoms with Crippen molar-refractivity contribution in [3.05, 3.63) is 42.5 Å². The number of imidazole rings is 1. The van der Waals surface area contributed by atoms with Crippen molar-refractivity contribution < 1.29 is 28.6 Å². The normalized spacial score (nSPS) is 24.0. The molecule has 2 fully saturated rings. The number of ketones is 1. The molecular formula is C24H27N7O6. The molecule has 5 rings (SSSR count). The average molecular weight is 510 g/mol. The maximum absolute atomic E-state index is 12.7. The third-order valence-corrected chi connectivity index (χ3v) is 6.05. The van der Waals surface area contributed by atoms with Crippen molar-refractivity contribution in [2.45, 2.75) is 58.0 Å². The number of fused-ring (bicyclic) bond motifs is 2. The van der Waals surface area contributed by atoms with Crippen molar-refractivity contribution in [2.24, 2.45) is 0 Å². The molecule has 3 amide bonds. The molecule has 2 aromatic heterocycles. The summed E-state index contributed by atoms with van der Waals surface area (Å²) >= 11 is 0. The number of urea groups is 1. The van der Waals surface area contributed by atoms with Crippen molar-refractivity contribution in [2.75, 3.05) is 17.2 Å². The van der Waals surface area contributed by atoms with Crippen molar-refractivity contribution >= 4 is 40.4 Å².